The number of carbonyl (C=O) groups excluding carboxylic acids is 1. The zero-order chi connectivity index (χ0) is 29.8. The van der Waals surface area contributed by atoms with Crippen molar-refractivity contribution < 1.29 is 9.90 Å². The second-order valence-corrected chi connectivity index (χ2v) is 11.1. The molecule has 10 heteroatoms. The van der Waals surface area contributed by atoms with Gasteiger partial charge in [-0.25, -0.2) is 4.98 Å². The average Bonchev–Trinajstić information content (AvgIpc) is 3.57. The van der Waals surface area contributed by atoms with Crippen LogP contribution in [0.1, 0.15) is 35.1 Å². The normalized spacial score (nSPS) is 11.4. The maximum Gasteiger partial charge on any atom is 0.269 e. The molecule has 0 spiro atoms. The lowest BCUT2D eigenvalue weighted by Crippen LogP contribution is -2.32. The number of nitrogens with one attached hydrogen (secondary N) is 2. The Bertz CT molecular complexity index is 1690. The maximum atomic E-state index is 13.4. The van der Waals surface area contributed by atoms with Gasteiger partial charge in [0.25, 0.3) is 5.91 Å². The van der Waals surface area contributed by atoms with Gasteiger partial charge in [-0.05, 0) is 68.5 Å². The van der Waals surface area contributed by atoms with Gasteiger partial charge in [0.05, 0.1) is 23.0 Å². The smallest absolute Gasteiger partial charge is 0.269 e. The highest BCUT2D eigenvalue weighted by atomic mass is 35.5. The molecule has 0 aliphatic rings. The van der Waals surface area contributed by atoms with Crippen LogP contribution in [0.4, 0.5) is 5.69 Å². The fraction of sp³-hybridized carbons (Fsp3) is 0.281. The Balaban J connectivity index is 1.59. The Morgan fingerprint density at radius 2 is 1.86 bits per heavy atom. The van der Waals surface area contributed by atoms with Crippen molar-refractivity contribution in [1.82, 2.24) is 30.0 Å². The van der Waals surface area contributed by atoms with Gasteiger partial charge in [0, 0.05) is 61.0 Å². The van der Waals surface area contributed by atoms with Gasteiger partial charge in [-0.3, -0.25) is 14.5 Å². The summed E-state index contributed by atoms with van der Waals surface area (Å²) in [6.45, 7) is 4.28. The van der Waals surface area contributed by atoms with E-state index < -0.39 is 0 Å². The van der Waals surface area contributed by atoms with E-state index in [1.807, 2.05) is 73.6 Å². The van der Waals surface area contributed by atoms with E-state index in [9.17, 15) is 9.90 Å². The molecule has 0 unspecified atom stereocenters. The number of amides is 1. The number of nitrogens with zero attached hydrogens (tertiary/aromatic N) is 5. The number of hydrogen-bond acceptors (Lipinski definition) is 6. The second-order valence-electron chi connectivity index (χ2n) is 10.7. The molecular formula is C32H36ClN7O2. The van der Waals surface area contributed by atoms with Crippen LogP contribution < -0.4 is 10.2 Å². The number of imidazole rings is 1. The minimum atomic E-state index is -0.242. The zero-order valence-electron chi connectivity index (χ0n) is 24.4. The van der Waals surface area contributed by atoms with Crippen molar-refractivity contribution in [3.8, 4) is 22.8 Å². The number of aromatic amines is 1. The molecule has 0 saturated heterocycles. The summed E-state index contributed by atoms with van der Waals surface area (Å²) in [6.07, 6.45) is 3.16. The van der Waals surface area contributed by atoms with Crippen LogP contribution >= 0.6 is 11.6 Å². The number of hydrogen-bond donors (Lipinski definition) is 3. The van der Waals surface area contributed by atoms with E-state index in [4.69, 9.17) is 11.6 Å². The number of halogens is 1. The average molecular weight is 586 g/mol. The molecule has 1 amide bonds. The van der Waals surface area contributed by atoms with E-state index in [1.54, 1.807) is 16.8 Å². The van der Waals surface area contributed by atoms with Crippen LogP contribution in [0.25, 0.3) is 28.0 Å². The molecule has 0 bridgehead atoms. The van der Waals surface area contributed by atoms with Gasteiger partial charge in [-0.2, -0.15) is 5.10 Å². The lowest BCUT2D eigenvalue weighted by molar-refractivity contribution is 0.0944. The first kappa shape index (κ1) is 29.2. The molecule has 5 aromatic rings. The minimum Gasteiger partial charge on any atom is -0.507 e. The van der Waals surface area contributed by atoms with Gasteiger partial charge in [0.1, 0.15) is 17.3 Å². The first-order chi connectivity index (χ1) is 20.2. The van der Waals surface area contributed by atoms with Gasteiger partial charge in [0.15, 0.2) is 0 Å². The summed E-state index contributed by atoms with van der Waals surface area (Å²) < 4.78 is 1.80. The topological polar surface area (TPSA) is 102 Å². The number of likely N-dealkylation sites (N-methyl/N-ethyl adjacent to an activating group) is 1. The largest absolute Gasteiger partial charge is 0.507 e. The van der Waals surface area contributed by atoms with Crippen molar-refractivity contribution in [1.29, 1.82) is 0 Å². The van der Waals surface area contributed by atoms with Crippen LogP contribution in [-0.2, 0) is 6.42 Å². The predicted molar refractivity (Wildman–Crippen MR) is 169 cm³/mol. The number of carbonyl (C=O) groups is 1. The molecular weight excluding hydrogens is 550 g/mol. The monoisotopic (exact) mass is 585 g/mol. The SMILES string of the molecule is CCCN(C)c1ccc(-n2c(C(=O)NCCN(C)C)cnc2-c2cc3c(Cc4cccc(Cl)c4)n[nH]c3cc2O)cc1. The summed E-state index contributed by atoms with van der Waals surface area (Å²) in [5.41, 5.74) is 5.26. The highest BCUT2D eigenvalue weighted by molar-refractivity contribution is 6.30. The van der Waals surface area contributed by atoms with Gasteiger partial charge >= 0.3 is 0 Å². The molecule has 2 heterocycles. The number of aromatic hydroxyl groups is 1. The summed E-state index contributed by atoms with van der Waals surface area (Å²) in [7, 11) is 5.98. The Morgan fingerprint density at radius 1 is 1.07 bits per heavy atom. The van der Waals surface area contributed by atoms with Crippen LogP contribution in [0, 0.1) is 0 Å². The predicted octanol–water partition coefficient (Wildman–Crippen LogP) is 5.50. The Labute approximate surface area is 250 Å². The molecule has 3 N–H and O–H groups in total. The maximum absolute atomic E-state index is 13.4. The molecule has 0 atom stereocenters. The molecule has 0 aliphatic carbocycles. The van der Waals surface area contributed by atoms with E-state index in [1.165, 1.54) is 0 Å². The molecule has 2 aromatic heterocycles. The number of benzene rings is 3. The summed E-state index contributed by atoms with van der Waals surface area (Å²) in [4.78, 5) is 22.2. The van der Waals surface area contributed by atoms with Crippen molar-refractivity contribution in [2.75, 3.05) is 45.7 Å². The van der Waals surface area contributed by atoms with Crippen molar-refractivity contribution in [3.05, 3.63) is 88.8 Å². The molecule has 9 nitrogen and oxygen atoms in total. The van der Waals surface area contributed by atoms with Gasteiger partial charge in [0.2, 0.25) is 0 Å². The Hall–Kier alpha value is -4.34. The van der Waals surface area contributed by atoms with Crippen LogP contribution in [0.15, 0.2) is 66.9 Å². The van der Waals surface area contributed by atoms with E-state index in [2.05, 4.69) is 39.4 Å². The molecule has 0 aliphatic heterocycles. The molecule has 3 aromatic carbocycles. The van der Waals surface area contributed by atoms with Gasteiger partial charge < -0.3 is 20.2 Å². The minimum absolute atomic E-state index is 0.0335. The fourth-order valence-electron chi connectivity index (χ4n) is 5.03. The number of rotatable bonds is 11. The van der Waals surface area contributed by atoms with Crippen molar-refractivity contribution in [2.24, 2.45) is 0 Å². The van der Waals surface area contributed by atoms with E-state index in [0.29, 0.717) is 47.1 Å². The number of phenolic OH excluding ortho intramolecular Hbond substituents is 1. The third kappa shape index (κ3) is 6.27. The van der Waals surface area contributed by atoms with E-state index in [-0.39, 0.29) is 11.7 Å². The van der Waals surface area contributed by atoms with E-state index >= 15 is 0 Å². The number of anilines is 1. The number of fused-ring (bicyclic) bond motifs is 1. The molecule has 5 rings (SSSR count). The Kier molecular flexibility index (Phi) is 8.80. The van der Waals surface area contributed by atoms with E-state index in [0.717, 1.165) is 41.0 Å². The van der Waals surface area contributed by atoms with Gasteiger partial charge in [-0.1, -0.05) is 30.7 Å². The molecule has 0 radical (unpaired) electrons. The number of H-pyrrole nitrogens is 1. The highest BCUT2D eigenvalue weighted by Gasteiger charge is 2.22. The summed E-state index contributed by atoms with van der Waals surface area (Å²) in [5, 5.41) is 23.2. The number of phenols is 1. The van der Waals surface area contributed by atoms with Crippen molar-refractivity contribution >= 4 is 34.1 Å². The molecule has 0 saturated carbocycles. The van der Waals surface area contributed by atoms with Crippen molar-refractivity contribution in [2.45, 2.75) is 19.8 Å². The van der Waals surface area contributed by atoms with Crippen LogP contribution in [0.5, 0.6) is 5.75 Å². The molecule has 218 valence electrons. The van der Waals surface area contributed by atoms with Crippen LogP contribution in [0.2, 0.25) is 5.02 Å². The van der Waals surface area contributed by atoms with Gasteiger partial charge in [-0.15, -0.1) is 0 Å². The summed E-state index contributed by atoms with van der Waals surface area (Å²) >= 11 is 6.21. The molecule has 42 heavy (non-hydrogen) atoms. The Morgan fingerprint density at radius 3 is 2.57 bits per heavy atom. The first-order valence-electron chi connectivity index (χ1n) is 14.0. The number of aromatic nitrogens is 4. The molecule has 0 fully saturated rings. The van der Waals surface area contributed by atoms with Crippen LogP contribution in [0.3, 0.4) is 0 Å². The lowest BCUT2D eigenvalue weighted by Gasteiger charge is -2.19. The summed E-state index contributed by atoms with van der Waals surface area (Å²) in [5.74, 6) is 0.246. The first-order valence-corrected chi connectivity index (χ1v) is 14.4. The highest BCUT2D eigenvalue weighted by Crippen LogP contribution is 2.36. The van der Waals surface area contributed by atoms with Crippen molar-refractivity contribution in [3.63, 3.8) is 0 Å². The second kappa shape index (κ2) is 12.7. The standard InChI is InChI=1S/C32H36ClN7O2/c1-5-14-39(4)23-9-11-24(12-10-23)40-29(32(42)34-13-15-38(2)3)20-35-31(40)26-18-25-27(36-37-28(25)19-30(26)41)17-21-7-6-8-22(33)16-21/h6-12,16,18-20,41H,5,13-15,17H2,1-4H3,(H,34,42)(H,36,37). The third-order valence-electron chi connectivity index (χ3n) is 7.21. The fourth-order valence-corrected chi connectivity index (χ4v) is 5.24. The quantitative estimate of drug-likeness (QED) is 0.189. The lowest BCUT2D eigenvalue weighted by atomic mass is 10.0. The summed E-state index contributed by atoms with van der Waals surface area (Å²) in [6, 6.07) is 19.2. The van der Waals surface area contributed by atoms with Crippen LogP contribution in [-0.4, -0.2) is 76.4 Å². The third-order valence-corrected chi connectivity index (χ3v) is 7.44. The zero-order valence-corrected chi connectivity index (χ0v) is 25.1.